The highest BCUT2D eigenvalue weighted by Crippen LogP contribution is 2.63. The molecule has 0 unspecified atom stereocenters. The molecule has 1 aliphatic carbocycles. The van der Waals surface area contributed by atoms with Gasteiger partial charge in [0.05, 0.1) is 0 Å². The van der Waals surface area contributed by atoms with Crippen LogP contribution >= 0.6 is 7.59 Å². The molecule has 4 nitrogen and oxygen atoms in total. The molecule has 0 amide bonds. The highest BCUT2D eigenvalue weighted by atomic mass is 31.2. The van der Waals surface area contributed by atoms with Gasteiger partial charge in [0, 0.05) is 36.2 Å². The first kappa shape index (κ1) is 24.5. The molecule has 1 saturated heterocycles. The molecular formula is C25H39FN3OP. The Bertz CT molecular complexity index is 819. The summed E-state index contributed by atoms with van der Waals surface area (Å²) < 4.78 is 34.1. The smallest absolute Gasteiger partial charge is 0.270 e. The van der Waals surface area contributed by atoms with Crippen LogP contribution in [0.3, 0.4) is 0 Å². The molecule has 3 atom stereocenters. The van der Waals surface area contributed by atoms with Crippen LogP contribution in [-0.4, -0.2) is 33.5 Å². The first-order valence-corrected chi connectivity index (χ1v) is 13.6. The monoisotopic (exact) mass is 447 g/mol. The van der Waals surface area contributed by atoms with E-state index in [2.05, 4.69) is 60.9 Å². The van der Waals surface area contributed by atoms with E-state index in [1.54, 1.807) is 12.1 Å². The summed E-state index contributed by atoms with van der Waals surface area (Å²) in [6.45, 7) is 10.6. The van der Waals surface area contributed by atoms with Crippen molar-refractivity contribution in [2.75, 3.05) is 0 Å². The third-order valence-electron chi connectivity index (χ3n) is 6.47. The normalized spacial score (nSPS) is 24.8. The molecule has 1 N–H and O–H groups in total. The van der Waals surface area contributed by atoms with Crippen LogP contribution in [0, 0.1) is 17.7 Å². The molecular weight excluding hydrogens is 408 g/mol. The van der Waals surface area contributed by atoms with E-state index in [1.807, 2.05) is 6.07 Å². The van der Waals surface area contributed by atoms with Gasteiger partial charge in [-0.15, -0.1) is 5.92 Å². The minimum Gasteiger partial charge on any atom is -0.270 e. The first-order chi connectivity index (χ1) is 14.8. The molecule has 0 aromatic heterocycles. The Morgan fingerprint density at radius 1 is 1.10 bits per heavy atom. The summed E-state index contributed by atoms with van der Waals surface area (Å²) in [6.07, 6.45) is 7.30. The van der Waals surface area contributed by atoms with Gasteiger partial charge in [-0.2, -0.15) is 0 Å². The van der Waals surface area contributed by atoms with E-state index in [9.17, 15) is 8.96 Å². The van der Waals surface area contributed by atoms with Crippen LogP contribution in [0.25, 0.3) is 0 Å². The summed E-state index contributed by atoms with van der Waals surface area (Å²) in [7, 11) is -3.16. The third-order valence-corrected chi connectivity index (χ3v) is 9.84. The van der Waals surface area contributed by atoms with E-state index in [4.69, 9.17) is 0 Å². The Morgan fingerprint density at radius 2 is 1.68 bits per heavy atom. The van der Waals surface area contributed by atoms with Gasteiger partial charge in [-0.1, -0.05) is 50.3 Å². The maximum atomic E-state index is 14.9. The lowest BCUT2D eigenvalue weighted by molar-refractivity contribution is 0.173. The Morgan fingerprint density at radius 3 is 2.19 bits per heavy atom. The van der Waals surface area contributed by atoms with Crippen molar-refractivity contribution in [1.82, 2.24) is 14.4 Å². The molecule has 1 aliphatic heterocycles. The fourth-order valence-corrected chi connectivity index (χ4v) is 8.89. The summed E-state index contributed by atoms with van der Waals surface area (Å²) >= 11 is 0. The molecule has 0 radical (unpaired) electrons. The Hall–Kier alpha value is -1.18. The zero-order valence-electron chi connectivity index (χ0n) is 19.8. The van der Waals surface area contributed by atoms with Crippen molar-refractivity contribution in [3.8, 4) is 11.8 Å². The minimum atomic E-state index is -3.16. The van der Waals surface area contributed by atoms with Crippen molar-refractivity contribution in [2.45, 2.75) is 110 Å². The lowest BCUT2D eigenvalue weighted by atomic mass is 9.89. The van der Waals surface area contributed by atoms with Crippen molar-refractivity contribution in [3.05, 3.63) is 35.6 Å². The lowest BCUT2D eigenvalue weighted by Crippen LogP contribution is -2.43. The van der Waals surface area contributed by atoms with E-state index < -0.39 is 13.6 Å². The quantitative estimate of drug-likeness (QED) is 0.294. The second-order valence-corrected chi connectivity index (χ2v) is 11.7. The summed E-state index contributed by atoms with van der Waals surface area (Å²) in [5.74, 6) is 6.15. The highest BCUT2D eigenvalue weighted by Gasteiger charge is 2.57. The van der Waals surface area contributed by atoms with Gasteiger partial charge >= 0.3 is 0 Å². The average molecular weight is 448 g/mol. The van der Waals surface area contributed by atoms with Gasteiger partial charge in [-0.25, -0.2) is 18.8 Å². The predicted octanol–water partition coefficient (Wildman–Crippen LogP) is 6.50. The molecule has 1 heterocycles. The number of fused-ring (bicyclic) bond motifs is 1. The fourth-order valence-electron chi connectivity index (χ4n) is 5.25. The Kier molecular flexibility index (Phi) is 8.38. The van der Waals surface area contributed by atoms with E-state index in [-0.39, 0.29) is 30.0 Å². The van der Waals surface area contributed by atoms with E-state index in [0.29, 0.717) is 5.56 Å². The van der Waals surface area contributed by atoms with E-state index >= 15 is 0 Å². The van der Waals surface area contributed by atoms with Crippen molar-refractivity contribution >= 4 is 7.59 Å². The number of unbranched alkanes of at least 4 members (excludes halogenated alkanes) is 2. The van der Waals surface area contributed by atoms with Crippen molar-refractivity contribution in [1.29, 1.82) is 0 Å². The summed E-state index contributed by atoms with van der Waals surface area (Å²) in [5.41, 5.74) is 0.476. The standard InChI is InChI=1S/C25H39FN3OP/c1-6-7-8-9-16-23(21-14-10-11-15-22(21)26)27-31(30)28(19(2)3)24-17-12-13-18-25(24)29(31)20(4)5/h10-11,14-15,19-20,23-25H,6-8,12-13,17-18H2,1-5H3,(H,27,30)/t23-,24-,25-/m1/s1. The van der Waals surface area contributed by atoms with Crippen molar-refractivity contribution in [2.24, 2.45) is 0 Å². The lowest BCUT2D eigenvalue weighted by Gasteiger charge is -2.37. The molecule has 0 spiro atoms. The van der Waals surface area contributed by atoms with Gasteiger partial charge in [-0.05, 0) is 53.0 Å². The number of hydrogen-bond donors (Lipinski definition) is 1. The Balaban J connectivity index is 2.04. The molecule has 0 bridgehead atoms. The molecule has 172 valence electrons. The second kappa shape index (κ2) is 10.6. The minimum absolute atomic E-state index is 0.127. The number of nitrogens with zero attached hydrogens (tertiary/aromatic N) is 2. The van der Waals surface area contributed by atoms with Gasteiger partial charge in [0.25, 0.3) is 7.59 Å². The number of rotatable bonds is 7. The summed E-state index contributed by atoms with van der Waals surface area (Å²) in [6, 6.07) is 6.92. The van der Waals surface area contributed by atoms with Crippen LogP contribution in [0.5, 0.6) is 0 Å². The van der Waals surface area contributed by atoms with Crippen LogP contribution in [0.1, 0.15) is 91.2 Å². The molecule has 6 heteroatoms. The maximum absolute atomic E-state index is 14.9. The molecule has 1 aromatic carbocycles. The van der Waals surface area contributed by atoms with Crippen LogP contribution < -0.4 is 5.09 Å². The average Bonchev–Trinajstić information content (AvgIpc) is 2.98. The number of hydrogen-bond acceptors (Lipinski definition) is 1. The van der Waals surface area contributed by atoms with Gasteiger partial charge < -0.3 is 0 Å². The number of nitrogens with one attached hydrogen (secondary N) is 1. The summed E-state index contributed by atoms with van der Waals surface area (Å²) in [5, 5.41) is 3.44. The van der Waals surface area contributed by atoms with E-state index in [1.165, 1.54) is 18.9 Å². The first-order valence-electron chi connectivity index (χ1n) is 12.0. The third kappa shape index (κ3) is 5.09. The van der Waals surface area contributed by atoms with Crippen LogP contribution in [0.2, 0.25) is 0 Å². The van der Waals surface area contributed by atoms with Gasteiger partial charge in [-0.3, -0.25) is 4.57 Å². The van der Waals surface area contributed by atoms with Crippen molar-refractivity contribution in [3.63, 3.8) is 0 Å². The molecule has 31 heavy (non-hydrogen) atoms. The van der Waals surface area contributed by atoms with Gasteiger partial charge in [0.2, 0.25) is 0 Å². The van der Waals surface area contributed by atoms with Crippen LogP contribution in [-0.2, 0) is 4.57 Å². The van der Waals surface area contributed by atoms with Gasteiger partial charge in [0.15, 0.2) is 0 Å². The molecule has 2 aliphatic rings. The van der Waals surface area contributed by atoms with Crippen molar-refractivity contribution < 1.29 is 8.96 Å². The summed E-state index contributed by atoms with van der Waals surface area (Å²) in [4.78, 5) is 0. The second-order valence-electron chi connectivity index (χ2n) is 9.42. The molecule has 3 rings (SSSR count). The van der Waals surface area contributed by atoms with E-state index in [0.717, 1.165) is 32.1 Å². The zero-order chi connectivity index (χ0) is 22.6. The number of benzene rings is 1. The zero-order valence-corrected chi connectivity index (χ0v) is 20.7. The largest absolute Gasteiger partial charge is 0.286 e. The Labute approximate surface area is 188 Å². The molecule has 1 aromatic rings. The topological polar surface area (TPSA) is 35.6 Å². The van der Waals surface area contributed by atoms with Gasteiger partial charge in [0.1, 0.15) is 11.9 Å². The van der Waals surface area contributed by atoms with Crippen LogP contribution in [0.4, 0.5) is 4.39 Å². The van der Waals surface area contributed by atoms with Crippen LogP contribution in [0.15, 0.2) is 24.3 Å². The SMILES string of the molecule is CCCCC#C[C@@H](NP1(=O)N(C(C)C)[C@@H]2CCCC[C@H]2N1C(C)C)c1ccccc1F. The highest BCUT2D eigenvalue weighted by molar-refractivity contribution is 7.57. The number of halogens is 1. The maximum Gasteiger partial charge on any atom is 0.286 e. The predicted molar refractivity (Wildman–Crippen MR) is 127 cm³/mol. The molecule has 1 saturated carbocycles. The fraction of sp³-hybridized carbons (Fsp3) is 0.680. The molecule has 2 fully saturated rings.